The maximum absolute atomic E-state index is 3.64. The summed E-state index contributed by atoms with van der Waals surface area (Å²) in [6, 6.07) is 13.7. The van der Waals surface area contributed by atoms with Gasteiger partial charge in [0.1, 0.15) is 0 Å². The van der Waals surface area contributed by atoms with Crippen LogP contribution in [0.2, 0.25) is 0 Å². The second-order valence-corrected chi connectivity index (χ2v) is 6.08. The van der Waals surface area contributed by atoms with Gasteiger partial charge in [0, 0.05) is 4.47 Å². The first kappa shape index (κ1) is 15.3. The predicted octanol–water partition coefficient (Wildman–Crippen LogP) is 4.94. The minimum atomic E-state index is 0.242. The first-order chi connectivity index (χ1) is 9.56. The van der Waals surface area contributed by atoms with E-state index in [0.717, 1.165) is 6.42 Å². The van der Waals surface area contributed by atoms with Crippen molar-refractivity contribution in [3.63, 3.8) is 0 Å². The van der Waals surface area contributed by atoms with Crippen LogP contribution in [0, 0.1) is 13.8 Å². The summed E-state index contributed by atoms with van der Waals surface area (Å²) in [5.74, 6) is 0. The molecule has 20 heavy (non-hydrogen) atoms. The van der Waals surface area contributed by atoms with Crippen molar-refractivity contribution in [1.82, 2.24) is 5.32 Å². The zero-order chi connectivity index (χ0) is 14.7. The van der Waals surface area contributed by atoms with E-state index < -0.39 is 0 Å². The quantitative estimate of drug-likeness (QED) is 0.836. The van der Waals surface area contributed by atoms with Gasteiger partial charge in [0.25, 0.3) is 0 Å². The molecule has 0 saturated heterocycles. The van der Waals surface area contributed by atoms with Gasteiger partial charge in [-0.3, -0.25) is 0 Å². The molecule has 0 spiro atoms. The lowest BCUT2D eigenvalue weighted by molar-refractivity contribution is 0.690. The van der Waals surface area contributed by atoms with Crippen molar-refractivity contribution in [3.8, 4) is 0 Å². The van der Waals surface area contributed by atoms with Crippen LogP contribution in [0.4, 0.5) is 0 Å². The standard InChI is InChI=1S/C18H22BrN/c1-5-14-6-8-15(9-7-14)18(20-4)16-10-12(2)17(19)13(3)11-16/h6-11,18,20H,5H2,1-4H3. The van der Waals surface area contributed by atoms with Crippen LogP contribution < -0.4 is 5.32 Å². The van der Waals surface area contributed by atoms with Crippen LogP contribution in [-0.2, 0) is 6.42 Å². The molecule has 2 aromatic carbocycles. The maximum atomic E-state index is 3.64. The molecule has 0 aliphatic rings. The largest absolute Gasteiger partial charge is 0.309 e. The summed E-state index contributed by atoms with van der Waals surface area (Å²) in [6.45, 7) is 6.48. The Morgan fingerprint density at radius 3 is 2.00 bits per heavy atom. The fourth-order valence-corrected chi connectivity index (χ4v) is 2.85. The van der Waals surface area contributed by atoms with Gasteiger partial charge in [0.2, 0.25) is 0 Å². The zero-order valence-corrected chi connectivity index (χ0v) is 14.2. The minimum Gasteiger partial charge on any atom is -0.309 e. The van der Waals surface area contributed by atoms with Gasteiger partial charge in [-0.2, -0.15) is 0 Å². The molecule has 2 rings (SSSR count). The van der Waals surface area contributed by atoms with E-state index in [4.69, 9.17) is 0 Å². The van der Waals surface area contributed by atoms with Crippen LogP contribution in [-0.4, -0.2) is 7.05 Å². The highest BCUT2D eigenvalue weighted by atomic mass is 79.9. The third-order valence-electron chi connectivity index (χ3n) is 3.80. The van der Waals surface area contributed by atoms with Crippen molar-refractivity contribution in [1.29, 1.82) is 0 Å². The van der Waals surface area contributed by atoms with Gasteiger partial charge in [-0.1, -0.05) is 59.3 Å². The van der Waals surface area contributed by atoms with Crippen LogP contribution in [0.25, 0.3) is 0 Å². The van der Waals surface area contributed by atoms with E-state index in [1.807, 2.05) is 7.05 Å². The number of halogens is 1. The Kier molecular flexibility index (Phi) is 5.00. The molecule has 0 bridgehead atoms. The SMILES string of the molecule is CCc1ccc(C(NC)c2cc(C)c(Br)c(C)c2)cc1. The van der Waals surface area contributed by atoms with Crippen molar-refractivity contribution in [3.05, 3.63) is 68.7 Å². The Morgan fingerprint density at radius 2 is 1.55 bits per heavy atom. The second kappa shape index (κ2) is 6.55. The fraction of sp³-hybridized carbons (Fsp3) is 0.333. The van der Waals surface area contributed by atoms with E-state index in [9.17, 15) is 0 Å². The van der Waals surface area contributed by atoms with Crippen LogP contribution in [0.5, 0.6) is 0 Å². The number of hydrogen-bond acceptors (Lipinski definition) is 1. The summed E-state index contributed by atoms with van der Waals surface area (Å²) in [7, 11) is 2.02. The molecule has 0 aliphatic heterocycles. The Bertz CT molecular complexity index is 564. The third kappa shape index (κ3) is 3.13. The van der Waals surface area contributed by atoms with Gasteiger partial charge in [-0.15, -0.1) is 0 Å². The number of nitrogens with one attached hydrogen (secondary N) is 1. The molecule has 1 N–H and O–H groups in total. The second-order valence-electron chi connectivity index (χ2n) is 5.29. The molecule has 106 valence electrons. The molecule has 1 atom stereocenters. The topological polar surface area (TPSA) is 12.0 Å². The van der Waals surface area contributed by atoms with Crippen LogP contribution in [0.3, 0.4) is 0 Å². The highest BCUT2D eigenvalue weighted by Gasteiger charge is 2.14. The van der Waals surface area contributed by atoms with E-state index in [1.54, 1.807) is 0 Å². The minimum absolute atomic E-state index is 0.242. The Labute approximate surface area is 130 Å². The van der Waals surface area contributed by atoms with Crippen molar-refractivity contribution >= 4 is 15.9 Å². The first-order valence-electron chi connectivity index (χ1n) is 7.09. The lowest BCUT2D eigenvalue weighted by Crippen LogP contribution is -2.18. The molecule has 0 heterocycles. The monoisotopic (exact) mass is 331 g/mol. The predicted molar refractivity (Wildman–Crippen MR) is 90.3 cm³/mol. The molecular weight excluding hydrogens is 310 g/mol. The Hall–Kier alpha value is -1.12. The number of benzene rings is 2. The summed E-state index contributed by atoms with van der Waals surface area (Å²) < 4.78 is 1.21. The fourth-order valence-electron chi connectivity index (χ4n) is 2.62. The van der Waals surface area contributed by atoms with Gasteiger partial charge >= 0.3 is 0 Å². The molecule has 0 amide bonds. The molecule has 2 aromatic rings. The molecule has 1 unspecified atom stereocenters. The smallest absolute Gasteiger partial charge is 0.0574 e. The summed E-state index contributed by atoms with van der Waals surface area (Å²) in [6.07, 6.45) is 1.08. The van der Waals surface area contributed by atoms with Crippen LogP contribution in [0.15, 0.2) is 40.9 Å². The van der Waals surface area contributed by atoms with Crippen molar-refractivity contribution in [2.24, 2.45) is 0 Å². The molecular formula is C18H22BrN. The van der Waals surface area contributed by atoms with Gasteiger partial charge in [-0.05, 0) is 55.1 Å². The molecule has 0 radical (unpaired) electrons. The Balaban J connectivity index is 2.41. The normalized spacial score (nSPS) is 12.4. The summed E-state index contributed by atoms with van der Waals surface area (Å²) in [5, 5.41) is 3.43. The first-order valence-corrected chi connectivity index (χ1v) is 7.88. The molecule has 0 aromatic heterocycles. The van der Waals surface area contributed by atoms with E-state index in [-0.39, 0.29) is 6.04 Å². The average Bonchev–Trinajstić information content (AvgIpc) is 2.46. The average molecular weight is 332 g/mol. The van der Waals surface area contributed by atoms with Gasteiger partial charge < -0.3 is 5.32 Å². The molecule has 1 nitrogen and oxygen atoms in total. The van der Waals surface area contributed by atoms with E-state index in [2.05, 4.69) is 78.4 Å². The van der Waals surface area contributed by atoms with Crippen LogP contribution >= 0.6 is 15.9 Å². The summed E-state index contributed by atoms with van der Waals surface area (Å²) >= 11 is 3.64. The van der Waals surface area contributed by atoms with Gasteiger partial charge in [0.05, 0.1) is 6.04 Å². The van der Waals surface area contributed by atoms with Crippen molar-refractivity contribution < 1.29 is 0 Å². The lowest BCUT2D eigenvalue weighted by Gasteiger charge is -2.19. The molecule has 0 saturated carbocycles. The van der Waals surface area contributed by atoms with Gasteiger partial charge in [-0.25, -0.2) is 0 Å². The van der Waals surface area contributed by atoms with Crippen molar-refractivity contribution in [2.45, 2.75) is 33.2 Å². The third-order valence-corrected chi connectivity index (χ3v) is 5.05. The van der Waals surface area contributed by atoms with E-state index in [1.165, 1.54) is 32.3 Å². The number of aryl methyl sites for hydroxylation is 3. The number of hydrogen-bond donors (Lipinski definition) is 1. The lowest BCUT2D eigenvalue weighted by atomic mass is 9.95. The van der Waals surface area contributed by atoms with Crippen molar-refractivity contribution in [2.75, 3.05) is 7.05 Å². The van der Waals surface area contributed by atoms with E-state index in [0.29, 0.717) is 0 Å². The summed E-state index contributed by atoms with van der Waals surface area (Å²) in [4.78, 5) is 0. The highest BCUT2D eigenvalue weighted by molar-refractivity contribution is 9.10. The summed E-state index contributed by atoms with van der Waals surface area (Å²) in [5.41, 5.74) is 6.57. The molecule has 0 aliphatic carbocycles. The van der Waals surface area contributed by atoms with E-state index >= 15 is 0 Å². The highest BCUT2D eigenvalue weighted by Crippen LogP contribution is 2.28. The Morgan fingerprint density at radius 1 is 1.00 bits per heavy atom. The molecule has 0 fully saturated rings. The van der Waals surface area contributed by atoms with Crippen LogP contribution in [0.1, 0.15) is 40.8 Å². The molecule has 2 heteroatoms. The maximum Gasteiger partial charge on any atom is 0.0574 e. The number of rotatable bonds is 4. The van der Waals surface area contributed by atoms with Gasteiger partial charge in [0.15, 0.2) is 0 Å². The zero-order valence-electron chi connectivity index (χ0n) is 12.6.